The van der Waals surface area contributed by atoms with Gasteiger partial charge in [-0.15, -0.1) is 0 Å². The van der Waals surface area contributed by atoms with E-state index in [-0.39, 0.29) is 30.7 Å². The molecule has 1 aromatic carbocycles. The SMILES string of the molecule is Cc1nc2c(C)cc(NC(=O)CCN3C(=O)c4ccccc4C3=O)cn2n1. The largest absolute Gasteiger partial charge is 0.325 e. The summed E-state index contributed by atoms with van der Waals surface area (Å²) in [5.41, 5.74) is 2.96. The molecule has 0 bridgehead atoms. The van der Waals surface area contributed by atoms with E-state index in [2.05, 4.69) is 15.4 Å². The maximum atomic E-state index is 12.3. The highest BCUT2D eigenvalue weighted by molar-refractivity contribution is 6.21. The van der Waals surface area contributed by atoms with Crippen molar-refractivity contribution in [3.63, 3.8) is 0 Å². The molecule has 1 aliphatic rings. The summed E-state index contributed by atoms with van der Waals surface area (Å²) in [6, 6.07) is 8.47. The zero-order valence-electron chi connectivity index (χ0n) is 14.9. The molecular weight excluding hydrogens is 346 g/mol. The van der Waals surface area contributed by atoms with E-state index in [1.807, 2.05) is 13.0 Å². The first-order valence-electron chi connectivity index (χ1n) is 8.53. The minimum absolute atomic E-state index is 0.0128. The first kappa shape index (κ1) is 16.9. The van der Waals surface area contributed by atoms with Crippen LogP contribution in [0.5, 0.6) is 0 Å². The Kier molecular flexibility index (Phi) is 3.95. The monoisotopic (exact) mass is 363 g/mol. The van der Waals surface area contributed by atoms with Crippen LogP contribution in [-0.4, -0.2) is 43.8 Å². The molecule has 0 unspecified atom stereocenters. The number of anilines is 1. The van der Waals surface area contributed by atoms with E-state index < -0.39 is 0 Å². The zero-order valence-corrected chi connectivity index (χ0v) is 14.9. The number of fused-ring (bicyclic) bond motifs is 2. The van der Waals surface area contributed by atoms with Crippen LogP contribution < -0.4 is 5.32 Å². The number of nitrogens with one attached hydrogen (secondary N) is 1. The molecule has 0 aliphatic carbocycles. The van der Waals surface area contributed by atoms with E-state index in [1.165, 1.54) is 0 Å². The molecule has 3 aromatic rings. The number of hydrogen-bond donors (Lipinski definition) is 1. The normalized spacial score (nSPS) is 13.3. The highest BCUT2D eigenvalue weighted by Crippen LogP contribution is 2.22. The molecule has 27 heavy (non-hydrogen) atoms. The maximum Gasteiger partial charge on any atom is 0.261 e. The number of benzene rings is 1. The van der Waals surface area contributed by atoms with E-state index in [0.29, 0.717) is 22.6 Å². The first-order chi connectivity index (χ1) is 12.9. The summed E-state index contributed by atoms with van der Waals surface area (Å²) in [5.74, 6) is -0.369. The van der Waals surface area contributed by atoms with Crippen molar-refractivity contribution >= 4 is 29.1 Å². The number of carbonyl (C=O) groups is 3. The highest BCUT2D eigenvalue weighted by Gasteiger charge is 2.34. The Hall–Kier alpha value is -3.55. The first-order valence-corrected chi connectivity index (χ1v) is 8.53. The lowest BCUT2D eigenvalue weighted by Gasteiger charge is -2.13. The van der Waals surface area contributed by atoms with Gasteiger partial charge in [0.2, 0.25) is 5.91 Å². The number of aromatic nitrogens is 3. The molecule has 0 spiro atoms. The van der Waals surface area contributed by atoms with Crippen LogP contribution in [0.15, 0.2) is 36.5 Å². The molecule has 136 valence electrons. The van der Waals surface area contributed by atoms with Gasteiger partial charge in [0.25, 0.3) is 11.8 Å². The fourth-order valence-electron chi connectivity index (χ4n) is 3.20. The Morgan fingerprint density at radius 2 is 1.78 bits per heavy atom. The number of rotatable bonds is 4. The van der Waals surface area contributed by atoms with Gasteiger partial charge in [0.1, 0.15) is 5.82 Å². The van der Waals surface area contributed by atoms with Crippen LogP contribution >= 0.6 is 0 Å². The predicted molar refractivity (Wildman–Crippen MR) is 97.5 cm³/mol. The maximum absolute atomic E-state index is 12.3. The molecule has 2 aromatic heterocycles. The van der Waals surface area contributed by atoms with Crippen LogP contribution in [0, 0.1) is 13.8 Å². The highest BCUT2D eigenvalue weighted by atomic mass is 16.2. The van der Waals surface area contributed by atoms with E-state index in [1.54, 1.807) is 41.9 Å². The summed E-state index contributed by atoms with van der Waals surface area (Å²) >= 11 is 0. The third-order valence-corrected chi connectivity index (χ3v) is 4.45. The topological polar surface area (TPSA) is 96.7 Å². The zero-order chi connectivity index (χ0) is 19.1. The molecule has 8 nitrogen and oxygen atoms in total. The lowest BCUT2D eigenvalue weighted by atomic mass is 10.1. The van der Waals surface area contributed by atoms with E-state index >= 15 is 0 Å². The van der Waals surface area contributed by atoms with Gasteiger partial charge >= 0.3 is 0 Å². The van der Waals surface area contributed by atoms with Crippen LogP contribution in [0.25, 0.3) is 5.65 Å². The van der Waals surface area contributed by atoms with Crippen LogP contribution in [0.2, 0.25) is 0 Å². The summed E-state index contributed by atoms with van der Waals surface area (Å²) in [7, 11) is 0. The molecule has 0 radical (unpaired) electrons. The van der Waals surface area contributed by atoms with Gasteiger partial charge < -0.3 is 5.32 Å². The fourth-order valence-corrected chi connectivity index (χ4v) is 3.20. The Morgan fingerprint density at radius 3 is 2.44 bits per heavy atom. The van der Waals surface area contributed by atoms with Gasteiger partial charge in [0.05, 0.1) is 23.0 Å². The Bertz CT molecular complexity index is 1070. The second-order valence-electron chi connectivity index (χ2n) is 6.44. The molecule has 0 saturated heterocycles. The van der Waals surface area contributed by atoms with Crippen molar-refractivity contribution in [3.8, 4) is 0 Å². The molecule has 4 rings (SSSR count). The van der Waals surface area contributed by atoms with Crippen molar-refractivity contribution in [2.24, 2.45) is 0 Å². The fraction of sp³-hybridized carbons (Fsp3) is 0.211. The smallest absolute Gasteiger partial charge is 0.261 e. The molecule has 3 amide bonds. The standard InChI is InChI=1S/C19H17N5O3/c1-11-9-13(10-24-17(11)20-12(2)22-24)21-16(25)7-8-23-18(26)14-5-3-4-6-15(14)19(23)27/h3-6,9-10H,7-8H2,1-2H3,(H,21,25). The number of carbonyl (C=O) groups excluding carboxylic acids is 3. The van der Waals surface area contributed by atoms with E-state index in [4.69, 9.17) is 0 Å². The summed E-state index contributed by atoms with van der Waals surface area (Å²) in [6.45, 7) is 3.71. The van der Waals surface area contributed by atoms with Crippen LogP contribution in [0.3, 0.4) is 0 Å². The number of hydrogen-bond acceptors (Lipinski definition) is 5. The average Bonchev–Trinajstić information content (AvgIpc) is 3.12. The minimum Gasteiger partial charge on any atom is -0.325 e. The Balaban J connectivity index is 1.44. The average molecular weight is 363 g/mol. The quantitative estimate of drug-likeness (QED) is 0.715. The number of pyridine rings is 1. The molecule has 8 heteroatoms. The summed E-state index contributed by atoms with van der Waals surface area (Å²) in [6.07, 6.45) is 1.70. The number of amides is 3. The van der Waals surface area contributed by atoms with Gasteiger partial charge in [-0.25, -0.2) is 9.50 Å². The molecule has 0 saturated carbocycles. The molecular formula is C19H17N5O3. The second-order valence-corrected chi connectivity index (χ2v) is 6.44. The minimum atomic E-state index is -0.362. The lowest BCUT2D eigenvalue weighted by Crippen LogP contribution is -2.32. The van der Waals surface area contributed by atoms with Crippen molar-refractivity contribution in [2.45, 2.75) is 20.3 Å². The number of nitrogens with zero attached hydrogens (tertiary/aromatic N) is 4. The lowest BCUT2D eigenvalue weighted by molar-refractivity contribution is -0.116. The second kappa shape index (κ2) is 6.31. The van der Waals surface area contributed by atoms with Gasteiger partial charge in [-0.3, -0.25) is 19.3 Å². The van der Waals surface area contributed by atoms with Crippen LogP contribution in [-0.2, 0) is 4.79 Å². The number of aryl methyl sites for hydroxylation is 2. The Labute approximate surface area is 154 Å². The molecule has 1 N–H and O–H groups in total. The van der Waals surface area contributed by atoms with Gasteiger partial charge in [-0.2, -0.15) is 5.10 Å². The van der Waals surface area contributed by atoms with Crippen molar-refractivity contribution in [1.29, 1.82) is 0 Å². The third-order valence-electron chi connectivity index (χ3n) is 4.45. The molecule has 3 heterocycles. The summed E-state index contributed by atoms with van der Waals surface area (Å²) in [4.78, 5) is 42.4. The number of imide groups is 1. The van der Waals surface area contributed by atoms with Gasteiger partial charge in [0, 0.05) is 13.0 Å². The van der Waals surface area contributed by atoms with Crippen LogP contribution in [0.1, 0.15) is 38.5 Å². The summed E-state index contributed by atoms with van der Waals surface area (Å²) < 4.78 is 1.62. The van der Waals surface area contributed by atoms with Crippen molar-refractivity contribution in [1.82, 2.24) is 19.5 Å². The molecule has 0 atom stereocenters. The molecule has 1 aliphatic heterocycles. The van der Waals surface area contributed by atoms with Gasteiger partial charge in [0.15, 0.2) is 5.65 Å². The predicted octanol–water partition coefficient (Wildman–Crippen LogP) is 1.97. The van der Waals surface area contributed by atoms with Crippen molar-refractivity contribution < 1.29 is 14.4 Å². The van der Waals surface area contributed by atoms with E-state index in [9.17, 15) is 14.4 Å². The molecule has 0 fully saturated rings. The van der Waals surface area contributed by atoms with Crippen LogP contribution in [0.4, 0.5) is 5.69 Å². The van der Waals surface area contributed by atoms with Crippen molar-refractivity contribution in [2.75, 3.05) is 11.9 Å². The van der Waals surface area contributed by atoms with Gasteiger partial charge in [-0.1, -0.05) is 12.1 Å². The third kappa shape index (κ3) is 2.95. The van der Waals surface area contributed by atoms with Crippen molar-refractivity contribution in [3.05, 3.63) is 59.0 Å². The van der Waals surface area contributed by atoms with E-state index in [0.717, 1.165) is 16.1 Å². The summed E-state index contributed by atoms with van der Waals surface area (Å²) in [5, 5.41) is 7.03. The Morgan fingerprint density at radius 1 is 1.11 bits per heavy atom. The van der Waals surface area contributed by atoms with Gasteiger partial charge in [-0.05, 0) is 37.6 Å².